The molecule has 1 aromatic carbocycles. The van der Waals surface area contributed by atoms with Crippen LogP contribution in [-0.4, -0.2) is 35.9 Å². The van der Waals surface area contributed by atoms with Crippen molar-refractivity contribution in [3.8, 4) is 0 Å². The molecule has 26 heavy (non-hydrogen) atoms. The van der Waals surface area contributed by atoms with Crippen LogP contribution in [0, 0.1) is 6.92 Å². The van der Waals surface area contributed by atoms with Crippen LogP contribution in [0.15, 0.2) is 30.3 Å². The third-order valence-corrected chi connectivity index (χ3v) is 4.59. The maximum Gasteiger partial charge on any atom is 0.328 e. The van der Waals surface area contributed by atoms with E-state index in [1.54, 1.807) is 6.92 Å². The molecule has 2 aromatic rings. The Kier molecular flexibility index (Phi) is 6.85. The molecule has 2 amide bonds. The number of nitrogens with zero attached hydrogens (tertiary/aromatic N) is 1. The maximum absolute atomic E-state index is 12.6. The molecule has 0 aliphatic rings. The fourth-order valence-corrected chi connectivity index (χ4v) is 3.22. The Balaban J connectivity index is 2.11. The van der Waals surface area contributed by atoms with E-state index in [1.165, 1.54) is 25.4 Å². The van der Waals surface area contributed by atoms with E-state index in [-0.39, 0.29) is 18.1 Å². The monoisotopic (exact) mass is 375 g/mol. The molecule has 0 aliphatic heterocycles. The van der Waals surface area contributed by atoms with Gasteiger partial charge >= 0.3 is 5.97 Å². The summed E-state index contributed by atoms with van der Waals surface area (Å²) in [7, 11) is 1.28. The number of thiazole rings is 1. The lowest BCUT2D eigenvalue weighted by atomic mass is 10.1. The van der Waals surface area contributed by atoms with Crippen LogP contribution in [0.1, 0.15) is 32.9 Å². The standard InChI is InChI=1S/C18H21N3O4S/c1-11-16(21-15(26-11)10-19-12(2)22)17(23)20-14(18(24)25-3)9-13-7-5-4-6-8-13/h4-8,14H,9-10H2,1-3H3,(H,19,22)(H,20,23)/t14-/m0/s1. The van der Waals surface area contributed by atoms with Gasteiger partial charge in [0.25, 0.3) is 5.91 Å². The molecule has 8 heteroatoms. The summed E-state index contributed by atoms with van der Waals surface area (Å²) in [5, 5.41) is 5.97. The summed E-state index contributed by atoms with van der Waals surface area (Å²) in [6.45, 7) is 3.45. The Bertz CT molecular complexity index is 789. The summed E-state index contributed by atoms with van der Waals surface area (Å²) >= 11 is 1.33. The van der Waals surface area contributed by atoms with Crippen molar-refractivity contribution in [2.75, 3.05) is 7.11 Å². The Labute approximate surface area is 155 Å². The SMILES string of the molecule is COC(=O)[C@H](Cc1ccccc1)NC(=O)c1nc(CNC(C)=O)sc1C. The average molecular weight is 375 g/mol. The average Bonchev–Trinajstić information content (AvgIpc) is 3.00. The van der Waals surface area contributed by atoms with Crippen molar-refractivity contribution in [2.24, 2.45) is 0 Å². The zero-order valence-corrected chi connectivity index (χ0v) is 15.7. The van der Waals surface area contributed by atoms with Crippen LogP contribution in [0.4, 0.5) is 0 Å². The fourth-order valence-electron chi connectivity index (χ4n) is 2.35. The van der Waals surface area contributed by atoms with Crippen LogP contribution in [0.3, 0.4) is 0 Å². The Morgan fingerprint density at radius 1 is 1.23 bits per heavy atom. The maximum atomic E-state index is 12.6. The molecule has 0 saturated carbocycles. The molecular formula is C18H21N3O4S. The van der Waals surface area contributed by atoms with Crippen molar-refractivity contribution in [1.29, 1.82) is 0 Å². The summed E-state index contributed by atoms with van der Waals surface area (Å²) in [4.78, 5) is 40.6. The number of aryl methyl sites for hydroxylation is 1. The molecule has 138 valence electrons. The van der Waals surface area contributed by atoms with Crippen LogP contribution in [-0.2, 0) is 27.3 Å². The minimum Gasteiger partial charge on any atom is -0.467 e. The molecule has 0 unspecified atom stereocenters. The second-order valence-electron chi connectivity index (χ2n) is 5.66. The van der Waals surface area contributed by atoms with E-state index >= 15 is 0 Å². The highest BCUT2D eigenvalue weighted by atomic mass is 32.1. The van der Waals surface area contributed by atoms with Gasteiger partial charge in [-0.1, -0.05) is 30.3 Å². The first-order chi connectivity index (χ1) is 12.4. The lowest BCUT2D eigenvalue weighted by molar-refractivity contribution is -0.142. The lowest BCUT2D eigenvalue weighted by Crippen LogP contribution is -2.43. The van der Waals surface area contributed by atoms with Crippen molar-refractivity contribution in [1.82, 2.24) is 15.6 Å². The van der Waals surface area contributed by atoms with Gasteiger partial charge in [-0.15, -0.1) is 11.3 Å². The van der Waals surface area contributed by atoms with Crippen LogP contribution in [0.25, 0.3) is 0 Å². The summed E-state index contributed by atoms with van der Waals surface area (Å²) in [6, 6.07) is 8.55. The van der Waals surface area contributed by atoms with Gasteiger partial charge in [-0.05, 0) is 12.5 Å². The number of nitrogens with one attached hydrogen (secondary N) is 2. The van der Waals surface area contributed by atoms with E-state index in [0.29, 0.717) is 16.3 Å². The van der Waals surface area contributed by atoms with Crippen LogP contribution in [0.2, 0.25) is 0 Å². The second kappa shape index (κ2) is 9.10. The highest BCUT2D eigenvalue weighted by Gasteiger charge is 2.25. The Morgan fingerprint density at radius 3 is 2.54 bits per heavy atom. The van der Waals surface area contributed by atoms with Crippen LogP contribution in [0.5, 0.6) is 0 Å². The zero-order chi connectivity index (χ0) is 19.1. The van der Waals surface area contributed by atoms with Gasteiger partial charge in [0.05, 0.1) is 13.7 Å². The number of rotatable bonds is 7. The predicted octanol–water partition coefficient (Wildman–Crippen LogP) is 1.60. The van der Waals surface area contributed by atoms with E-state index in [2.05, 4.69) is 15.6 Å². The third kappa shape index (κ3) is 5.38. The number of benzene rings is 1. The van der Waals surface area contributed by atoms with Crippen molar-refractivity contribution in [3.05, 3.63) is 51.5 Å². The minimum atomic E-state index is -0.810. The smallest absolute Gasteiger partial charge is 0.328 e. The predicted molar refractivity (Wildman–Crippen MR) is 97.8 cm³/mol. The summed E-state index contributed by atoms with van der Waals surface area (Å²) < 4.78 is 4.80. The van der Waals surface area contributed by atoms with Gasteiger partial charge in [0.1, 0.15) is 16.7 Å². The summed E-state index contributed by atoms with van der Waals surface area (Å²) in [5.41, 5.74) is 1.15. The number of methoxy groups -OCH3 is 1. The van der Waals surface area contributed by atoms with E-state index in [4.69, 9.17) is 4.74 Å². The number of hydrogen-bond donors (Lipinski definition) is 2. The van der Waals surface area contributed by atoms with E-state index in [9.17, 15) is 14.4 Å². The zero-order valence-electron chi connectivity index (χ0n) is 14.9. The summed E-state index contributed by atoms with van der Waals surface area (Å²) in [6.07, 6.45) is 0.321. The molecule has 0 spiro atoms. The number of aromatic nitrogens is 1. The quantitative estimate of drug-likeness (QED) is 0.717. The molecule has 0 aliphatic carbocycles. The van der Waals surface area contributed by atoms with Crippen molar-refractivity contribution in [2.45, 2.75) is 32.9 Å². The first kappa shape index (κ1) is 19.6. The molecule has 7 nitrogen and oxygen atoms in total. The first-order valence-corrected chi connectivity index (χ1v) is 8.85. The highest BCUT2D eigenvalue weighted by Crippen LogP contribution is 2.18. The number of carbonyl (C=O) groups excluding carboxylic acids is 3. The van der Waals surface area contributed by atoms with E-state index < -0.39 is 17.9 Å². The minimum absolute atomic E-state index is 0.169. The molecule has 1 atom stereocenters. The third-order valence-electron chi connectivity index (χ3n) is 3.62. The number of esters is 1. The normalized spacial score (nSPS) is 11.5. The lowest BCUT2D eigenvalue weighted by Gasteiger charge is -2.16. The van der Waals surface area contributed by atoms with E-state index in [1.807, 2.05) is 30.3 Å². The van der Waals surface area contributed by atoms with Gasteiger partial charge in [-0.25, -0.2) is 9.78 Å². The first-order valence-electron chi connectivity index (χ1n) is 8.04. The molecule has 0 radical (unpaired) electrons. The molecule has 1 aromatic heterocycles. The van der Waals surface area contributed by atoms with Crippen LogP contribution < -0.4 is 10.6 Å². The topological polar surface area (TPSA) is 97.4 Å². The van der Waals surface area contributed by atoms with Gasteiger partial charge in [-0.2, -0.15) is 0 Å². The van der Waals surface area contributed by atoms with Crippen molar-refractivity contribution < 1.29 is 19.1 Å². The number of hydrogen-bond acceptors (Lipinski definition) is 6. The number of ether oxygens (including phenoxy) is 1. The molecule has 0 bridgehead atoms. The van der Waals surface area contributed by atoms with Gasteiger partial charge in [-0.3, -0.25) is 9.59 Å². The van der Waals surface area contributed by atoms with E-state index in [0.717, 1.165) is 5.56 Å². The molecule has 0 fully saturated rings. The van der Waals surface area contributed by atoms with Gasteiger partial charge < -0.3 is 15.4 Å². The van der Waals surface area contributed by atoms with Crippen LogP contribution >= 0.6 is 11.3 Å². The second-order valence-corrected chi connectivity index (χ2v) is 6.95. The molecule has 1 heterocycles. The Hall–Kier alpha value is -2.74. The van der Waals surface area contributed by atoms with Gasteiger partial charge in [0, 0.05) is 18.2 Å². The number of amides is 2. The van der Waals surface area contributed by atoms with Gasteiger partial charge in [0.2, 0.25) is 5.91 Å². The van der Waals surface area contributed by atoms with Crippen molar-refractivity contribution >= 4 is 29.1 Å². The number of carbonyl (C=O) groups is 3. The molecule has 2 N–H and O–H groups in total. The summed E-state index contributed by atoms with van der Waals surface area (Å²) in [5.74, 6) is -1.13. The molecule has 2 rings (SSSR count). The fraction of sp³-hybridized carbons (Fsp3) is 0.333. The molecule has 0 saturated heterocycles. The Morgan fingerprint density at radius 2 is 1.92 bits per heavy atom. The van der Waals surface area contributed by atoms with Gasteiger partial charge in [0.15, 0.2) is 0 Å². The highest BCUT2D eigenvalue weighted by molar-refractivity contribution is 7.11. The molecular weight excluding hydrogens is 354 g/mol. The van der Waals surface area contributed by atoms with Crippen molar-refractivity contribution in [3.63, 3.8) is 0 Å². The largest absolute Gasteiger partial charge is 0.467 e.